The molecule has 2 fully saturated rings. The summed E-state index contributed by atoms with van der Waals surface area (Å²) in [6.45, 7) is 5.71. The Morgan fingerprint density at radius 1 is 1.50 bits per heavy atom. The molecule has 2 aliphatic rings. The molecule has 0 atom stereocenters. The molecule has 76 valence electrons. The summed E-state index contributed by atoms with van der Waals surface area (Å²) in [6, 6.07) is 0. The van der Waals surface area contributed by atoms with Gasteiger partial charge in [0.2, 0.25) is 0 Å². The molecule has 0 aromatic heterocycles. The molecule has 0 radical (unpaired) electrons. The number of amides is 1. The third-order valence-corrected chi connectivity index (χ3v) is 2.93. The van der Waals surface area contributed by atoms with Crippen molar-refractivity contribution in [1.29, 1.82) is 0 Å². The zero-order chi connectivity index (χ0) is 10.0. The highest BCUT2D eigenvalue weighted by molar-refractivity contribution is 5.88. The summed E-state index contributed by atoms with van der Waals surface area (Å²) < 4.78 is 5.72. The quantitative estimate of drug-likeness (QED) is 0.461. The first-order chi connectivity index (χ1) is 6.76. The number of ether oxygens (including phenoxy) is 1. The summed E-state index contributed by atoms with van der Waals surface area (Å²) in [5, 5.41) is 0. The second-order valence-corrected chi connectivity index (χ2v) is 4.03. The molecule has 0 aliphatic carbocycles. The standard InChI is InChI=1S/C11H15NO2/c1-2-5-10(13)12-8-11(9-12)6-3-4-7-14-11/h5H,1,3-4,6-9H2. The van der Waals surface area contributed by atoms with E-state index in [1.807, 2.05) is 0 Å². The second-order valence-electron chi connectivity index (χ2n) is 4.03. The van der Waals surface area contributed by atoms with E-state index in [1.165, 1.54) is 12.5 Å². The van der Waals surface area contributed by atoms with Gasteiger partial charge >= 0.3 is 0 Å². The van der Waals surface area contributed by atoms with Crippen molar-refractivity contribution in [2.75, 3.05) is 19.7 Å². The van der Waals surface area contributed by atoms with Crippen LogP contribution in [0.15, 0.2) is 18.4 Å². The van der Waals surface area contributed by atoms with E-state index in [0.717, 1.165) is 32.5 Å². The lowest BCUT2D eigenvalue weighted by atomic mass is 9.86. The lowest BCUT2D eigenvalue weighted by Gasteiger charge is -2.51. The first kappa shape index (κ1) is 9.50. The van der Waals surface area contributed by atoms with E-state index in [2.05, 4.69) is 12.3 Å². The largest absolute Gasteiger partial charge is 0.371 e. The van der Waals surface area contributed by atoms with Gasteiger partial charge in [0.15, 0.2) is 0 Å². The van der Waals surface area contributed by atoms with Gasteiger partial charge in [0.1, 0.15) is 5.60 Å². The molecule has 2 heterocycles. The van der Waals surface area contributed by atoms with Gasteiger partial charge < -0.3 is 9.64 Å². The Balaban J connectivity index is 1.88. The lowest BCUT2D eigenvalue weighted by Crippen LogP contribution is -2.65. The van der Waals surface area contributed by atoms with Crippen molar-refractivity contribution >= 4 is 5.91 Å². The summed E-state index contributed by atoms with van der Waals surface area (Å²) in [5.74, 6) is -0.000187. The van der Waals surface area contributed by atoms with Crippen LogP contribution in [0.4, 0.5) is 0 Å². The molecular formula is C11H15NO2. The average Bonchev–Trinajstić information content (AvgIpc) is 2.16. The maximum absolute atomic E-state index is 11.4. The number of carbonyl (C=O) groups is 1. The van der Waals surface area contributed by atoms with Gasteiger partial charge in [0.05, 0.1) is 13.1 Å². The zero-order valence-electron chi connectivity index (χ0n) is 8.29. The summed E-state index contributed by atoms with van der Waals surface area (Å²) in [6.07, 6.45) is 4.85. The number of rotatable bonds is 1. The van der Waals surface area contributed by atoms with Crippen LogP contribution >= 0.6 is 0 Å². The van der Waals surface area contributed by atoms with Gasteiger partial charge in [0.25, 0.3) is 5.91 Å². The lowest BCUT2D eigenvalue weighted by molar-refractivity contribution is -0.176. The van der Waals surface area contributed by atoms with E-state index in [9.17, 15) is 4.79 Å². The predicted octanol–water partition coefficient (Wildman–Crippen LogP) is 1.11. The minimum Gasteiger partial charge on any atom is -0.371 e. The smallest absolute Gasteiger partial charge is 0.254 e. The van der Waals surface area contributed by atoms with Crippen LogP contribution in [-0.2, 0) is 9.53 Å². The number of carbonyl (C=O) groups excluding carboxylic acids is 1. The molecule has 0 saturated carbocycles. The van der Waals surface area contributed by atoms with Crippen LogP contribution in [0.1, 0.15) is 19.3 Å². The Morgan fingerprint density at radius 2 is 2.29 bits per heavy atom. The topological polar surface area (TPSA) is 29.5 Å². The molecular weight excluding hydrogens is 178 g/mol. The molecule has 0 bridgehead atoms. The van der Waals surface area contributed by atoms with E-state index < -0.39 is 0 Å². The number of likely N-dealkylation sites (tertiary alicyclic amines) is 1. The Kier molecular flexibility index (Phi) is 2.44. The Labute approximate surface area is 84.0 Å². The molecule has 0 N–H and O–H groups in total. The first-order valence-electron chi connectivity index (χ1n) is 5.04. The Hall–Kier alpha value is -1.05. The molecule has 14 heavy (non-hydrogen) atoms. The molecule has 2 aliphatic heterocycles. The summed E-state index contributed by atoms with van der Waals surface area (Å²) >= 11 is 0. The van der Waals surface area contributed by atoms with Crippen LogP contribution in [0.5, 0.6) is 0 Å². The SMILES string of the molecule is C=C=CC(=O)N1CC2(CCCCO2)C1. The van der Waals surface area contributed by atoms with Crippen molar-refractivity contribution in [2.24, 2.45) is 0 Å². The molecule has 0 aromatic rings. The minimum atomic E-state index is -0.0110. The highest BCUT2D eigenvalue weighted by Crippen LogP contribution is 2.33. The zero-order valence-corrected chi connectivity index (χ0v) is 8.29. The van der Waals surface area contributed by atoms with Crippen LogP contribution in [-0.4, -0.2) is 36.1 Å². The van der Waals surface area contributed by atoms with Crippen LogP contribution in [0.3, 0.4) is 0 Å². The van der Waals surface area contributed by atoms with Gasteiger partial charge in [-0.25, -0.2) is 0 Å². The van der Waals surface area contributed by atoms with E-state index in [4.69, 9.17) is 4.74 Å². The third kappa shape index (κ3) is 1.61. The Bertz CT molecular complexity index is 278. The average molecular weight is 193 g/mol. The first-order valence-corrected chi connectivity index (χ1v) is 5.04. The molecule has 2 rings (SSSR count). The van der Waals surface area contributed by atoms with E-state index >= 15 is 0 Å². The van der Waals surface area contributed by atoms with Crippen LogP contribution in [0.25, 0.3) is 0 Å². The summed E-state index contributed by atoms with van der Waals surface area (Å²) in [5.41, 5.74) is 2.49. The minimum absolute atomic E-state index is 0.000187. The second kappa shape index (κ2) is 3.60. The molecule has 1 amide bonds. The van der Waals surface area contributed by atoms with Gasteiger partial charge in [0, 0.05) is 12.7 Å². The normalized spacial score (nSPS) is 23.9. The van der Waals surface area contributed by atoms with Gasteiger partial charge in [-0.2, -0.15) is 0 Å². The highest BCUT2D eigenvalue weighted by atomic mass is 16.5. The summed E-state index contributed by atoms with van der Waals surface area (Å²) in [4.78, 5) is 13.1. The Morgan fingerprint density at radius 3 is 2.86 bits per heavy atom. The maximum atomic E-state index is 11.4. The molecule has 1 spiro atoms. The van der Waals surface area contributed by atoms with E-state index in [1.54, 1.807) is 4.90 Å². The third-order valence-electron chi connectivity index (χ3n) is 2.93. The van der Waals surface area contributed by atoms with E-state index in [0.29, 0.717) is 0 Å². The molecule has 2 saturated heterocycles. The van der Waals surface area contributed by atoms with Crippen molar-refractivity contribution in [3.05, 3.63) is 18.4 Å². The van der Waals surface area contributed by atoms with Crippen LogP contribution in [0.2, 0.25) is 0 Å². The molecule has 3 nitrogen and oxygen atoms in total. The maximum Gasteiger partial charge on any atom is 0.254 e. The highest BCUT2D eigenvalue weighted by Gasteiger charge is 2.46. The molecule has 0 aromatic carbocycles. The van der Waals surface area contributed by atoms with Crippen LogP contribution < -0.4 is 0 Å². The van der Waals surface area contributed by atoms with E-state index in [-0.39, 0.29) is 11.5 Å². The van der Waals surface area contributed by atoms with Crippen molar-refractivity contribution in [1.82, 2.24) is 4.90 Å². The van der Waals surface area contributed by atoms with Crippen molar-refractivity contribution in [2.45, 2.75) is 24.9 Å². The molecule has 0 unspecified atom stereocenters. The summed E-state index contributed by atoms with van der Waals surface area (Å²) in [7, 11) is 0. The van der Waals surface area contributed by atoms with Crippen molar-refractivity contribution in [3.63, 3.8) is 0 Å². The fraction of sp³-hybridized carbons (Fsp3) is 0.636. The molecule has 3 heteroatoms. The van der Waals surface area contributed by atoms with Crippen LogP contribution in [0, 0.1) is 0 Å². The fourth-order valence-electron chi connectivity index (χ4n) is 2.14. The predicted molar refractivity (Wildman–Crippen MR) is 52.8 cm³/mol. The van der Waals surface area contributed by atoms with Crippen molar-refractivity contribution < 1.29 is 9.53 Å². The number of nitrogens with zero attached hydrogens (tertiary/aromatic N) is 1. The van der Waals surface area contributed by atoms with Crippen molar-refractivity contribution in [3.8, 4) is 0 Å². The van der Waals surface area contributed by atoms with Gasteiger partial charge in [-0.1, -0.05) is 6.58 Å². The number of hydrogen-bond acceptors (Lipinski definition) is 2. The monoisotopic (exact) mass is 193 g/mol. The van der Waals surface area contributed by atoms with Gasteiger partial charge in [-0.3, -0.25) is 4.79 Å². The van der Waals surface area contributed by atoms with Gasteiger partial charge in [-0.15, -0.1) is 5.73 Å². The fourth-order valence-corrected chi connectivity index (χ4v) is 2.14. The van der Waals surface area contributed by atoms with Gasteiger partial charge in [-0.05, 0) is 19.3 Å². The number of hydrogen-bond donors (Lipinski definition) is 0.